The van der Waals surface area contributed by atoms with Crippen LogP contribution in [0.15, 0.2) is 64.3 Å². The highest BCUT2D eigenvalue weighted by Gasteiger charge is 2.07. The van der Waals surface area contributed by atoms with E-state index in [1.54, 1.807) is 24.4 Å². The van der Waals surface area contributed by atoms with Gasteiger partial charge < -0.3 is 4.74 Å². The molecule has 0 aliphatic rings. The largest absolute Gasteiger partial charge is 0.483 e. The molecular weight excluding hydrogens is 420 g/mol. The summed E-state index contributed by atoms with van der Waals surface area (Å²) in [7, 11) is 0. The van der Waals surface area contributed by atoms with Crippen LogP contribution in [0.1, 0.15) is 5.56 Å². The maximum Gasteiger partial charge on any atom is 0.277 e. The Labute approximate surface area is 163 Å². The molecule has 2 aromatic carbocycles. The van der Waals surface area contributed by atoms with Crippen LogP contribution in [0.4, 0.5) is 0 Å². The number of aromatic amines is 1. The van der Waals surface area contributed by atoms with E-state index in [4.69, 9.17) is 16.3 Å². The molecule has 0 unspecified atom stereocenters. The van der Waals surface area contributed by atoms with Crippen LogP contribution in [-0.4, -0.2) is 28.9 Å². The monoisotopic (exact) mass is 432 g/mol. The summed E-state index contributed by atoms with van der Waals surface area (Å²) in [5.41, 5.74) is 4.99. The number of rotatable bonds is 6. The van der Waals surface area contributed by atoms with Gasteiger partial charge in [0.25, 0.3) is 5.91 Å². The van der Waals surface area contributed by atoms with Gasteiger partial charge in [0.1, 0.15) is 5.75 Å². The Kier molecular flexibility index (Phi) is 6.04. The molecule has 0 saturated heterocycles. The van der Waals surface area contributed by atoms with Gasteiger partial charge in [-0.25, -0.2) is 5.43 Å². The molecule has 26 heavy (non-hydrogen) atoms. The second-order valence-corrected chi connectivity index (χ2v) is 6.51. The molecule has 0 fully saturated rings. The molecule has 0 aliphatic heterocycles. The number of nitrogens with one attached hydrogen (secondary N) is 2. The molecule has 6 nitrogen and oxygen atoms in total. The van der Waals surface area contributed by atoms with Crippen LogP contribution in [0.5, 0.6) is 5.75 Å². The van der Waals surface area contributed by atoms with Crippen LogP contribution >= 0.6 is 27.5 Å². The molecule has 0 spiro atoms. The van der Waals surface area contributed by atoms with Crippen molar-refractivity contribution in [3.63, 3.8) is 0 Å². The quantitative estimate of drug-likeness (QED) is 0.455. The van der Waals surface area contributed by atoms with Gasteiger partial charge in [0.05, 0.1) is 22.6 Å². The fourth-order valence-corrected chi connectivity index (χ4v) is 2.97. The van der Waals surface area contributed by atoms with E-state index >= 15 is 0 Å². The predicted molar refractivity (Wildman–Crippen MR) is 104 cm³/mol. The topological polar surface area (TPSA) is 79.4 Å². The SMILES string of the molecule is O=C(COc1ccc(Cl)cc1Br)NN=Cc1cn[nH]c1-c1ccccc1. The summed E-state index contributed by atoms with van der Waals surface area (Å²) >= 11 is 9.19. The zero-order chi connectivity index (χ0) is 18.4. The summed E-state index contributed by atoms with van der Waals surface area (Å²) < 4.78 is 6.10. The van der Waals surface area contributed by atoms with Crippen molar-refractivity contribution in [1.82, 2.24) is 15.6 Å². The van der Waals surface area contributed by atoms with Crippen LogP contribution in [0.25, 0.3) is 11.3 Å². The van der Waals surface area contributed by atoms with Crippen molar-refractivity contribution in [3.8, 4) is 17.0 Å². The molecule has 0 radical (unpaired) electrons. The molecule has 0 aliphatic carbocycles. The highest BCUT2D eigenvalue weighted by Crippen LogP contribution is 2.27. The van der Waals surface area contributed by atoms with E-state index < -0.39 is 0 Å². The summed E-state index contributed by atoms with van der Waals surface area (Å²) in [6.07, 6.45) is 3.17. The number of nitrogens with zero attached hydrogens (tertiary/aromatic N) is 2. The third-order valence-corrected chi connectivity index (χ3v) is 4.23. The van der Waals surface area contributed by atoms with Crippen LogP contribution in [0.2, 0.25) is 5.02 Å². The molecule has 132 valence electrons. The summed E-state index contributed by atoms with van der Waals surface area (Å²) in [5, 5.41) is 11.5. The first kappa shape index (κ1) is 18.2. The Balaban J connectivity index is 1.56. The van der Waals surface area contributed by atoms with Crippen LogP contribution in [0, 0.1) is 0 Å². The first-order valence-electron chi connectivity index (χ1n) is 7.62. The van der Waals surface area contributed by atoms with Crippen molar-refractivity contribution >= 4 is 39.7 Å². The van der Waals surface area contributed by atoms with E-state index in [-0.39, 0.29) is 12.5 Å². The predicted octanol–water partition coefficient (Wildman–Crippen LogP) is 4.02. The Morgan fingerprint density at radius 2 is 2.12 bits per heavy atom. The number of halogens is 2. The van der Waals surface area contributed by atoms with Gasteiger partial charge in [-0.3, -0.25) is 9.89 Å². The third kappa shape index (κ3) is 4.71. The van der Waals surface area contributed by atoms with Crippen molar-refractivity contribution < 1.29 is 9.53 Å². The fourth-order valence-electron chi connectivity index (χ4n) is 2.17. The number of aromatic nitrogens is 2. The number of hydrogen-bond acceptors (Lipinski definition) is 4. The van der Waals surface area contributed by atoms with Gasteiger partial charge in [-0.15, -0.1) is 0 Å². The van der Waals surface area contributed by atoms with E-state index in [2.05, 4.69) is 36.7 Å². The summed E-state index contributed by atoms with van der Waals surface area (Å²) in [6, 6.07) is 14.8. The molecule has 0 atom stereocenters. The highest BCUT2D eigenvalue weighted by atomic mass is 79.9. The molecule has 1 aromatic heterocycles. The third-order valence-electron chi connectivity index (χ3n) is 3.38. The second kappa shape index (κ2) is 8.64. The molecular formula is C18H14BrClN4O2. The van der Waals surface area contributed by atoms with Crippen molar-refractivity contribution in [2.45, 2.75) is 0 Å². The summed E-state index contributed by atoms with van der Waals surface area (Å²) in [5.74, 6) is 0.141. The molecule has 0 saturated carbocycles. The first-order valence-corrected chi connectivity index (χ1v) is 8.79. The van der Waals surface area contributed by atoms with Crippen LogP contribution in [0.3, 0.4) is 0 Å². The maximum absolute atomic E-state index is 11.9. The smallest absolute Gasteiger partial charge is 0.277 e. The normalized spacial score (nSPS) is 10.8. The van der Waals surface area contributed by atoms with Crippen molar-refractivity contribution in [1.29, 1.82) is 0 Å². The molecule has 8 heteroatoms. The van der Waals surface area contributed by atoms with Gasteiger partial charge in [0, 0.05) is 16.1 Å². The second-order valence-electron chi connectivity index (χ2n) is 5.22. The van der Waals surface area contributed by atoms with Gasteiger partial charge >= 0.3 is 0 Å². The fraction of sp³-hybridized carbons (Fsp3) is 0.0556. The van der Waals surface area contributed by atoms with E-state index in [1.807, 2.05) is 30.3 Å². The first-order chi connectivity index (χ1) is 12.6. The van der Waals surface area contributed by atoms with Crippen LogP contribution in [-0.2, 0) is 4.79 Å². The number of hydrogen-bond donors (Lipinski definition) is 2. The average Bonchev–Trinajstić information content (AvgIpc) is 3.10. The van der Waals surface area contributed by atoms with Gasteiger partial charge in [0.2, 0.25) is 0 Å². The van der Waals surface area contributed by atoms with Gasteiger partial charge in [-0.1, -0.05) is 41.9 Å². The number of ether oxygens (including phenoxy) is 1. The lowest BCUT2D eigenvalue weighted by molar-refractivity contribution is -0.123. The number of H-pyrrole nitrogens is 1. The van der Waals surface area contributed by atoms with E-state index in [0.29, 0.717) is 15.2 Å². The van der Waals surface area contributed by atoms with E-state index in [9.17, 15) is 4.79 Å². The Morgan fingerprint density at radius 1 is 1.31 bits per heavy atom. The lowest BCUT2D eigenvalue weighted by Gasteiger charge is -2.07. The average molecular weight is 434 g/mol. The number of amides is 1. The minimum absolute atomic E-state index is 0.172. The highest BCUT2D eigenvalue weighted by molar-refractivity contribution is 9.10. The molecule has 0 bridgehead atoms. The molecule has 1 amide bonds. The maximum atomic E-state index is 11.9. The van der Waals surface area contributed by atoms with E-state index in [1.165, 1.54) is 6.21 Å². The molecule has 1 heterocycles. The number of benzene rings is 2. The Hall–Kier alpha value is -2.64. The van der Waals surface area contributed by atoms with Crippen molar-refractivity contribution in [2.24, 2.45) is 5.10 Å². The molecule has 3 aromatic rings. The lowest BCUT2D eigenvalue weighted by Crippen LogP contribution is -2.24. The summed E-state index contributed by atoms with van der Waals surface area (Å²) in [6.45, 7) is -0.172. The number of carbonyl (C=O) groups excluding carboxylic acids is 1. The van der Waals surface area contributed by atoms with Crippen LogP contribution < -0.4 is 10.2 Å². The summed E-state index contributed by atoms with van der Waals surface area (Å²) in [4.78, 5) is 11.9. The number of carbonyl (C=O) groups is 1. The van der Waals surface area contributed by atoms with E-state index in [0.717, 1.165) is 16.8 Å². The lowest BCUT2D eigenvalue weighted by atomic mass is 10.1. The standard InChI is InChI=1S/C18H14BrClN4O2/c19-15-8-14(20)6-7-16(15)26-11-17(25)23-21-9-13-10-22-24-18(13)12-4-2-1-3-5-12/h1-10H,11H2,(H,22,24)(H,23,25). The van der Waals surface area contributed by atoms with Gasteiger partial charge in [-0.2, -0.15) is 10.2 Å². The van der Waals surface area contributed by atoms with Gasteiger partial charge in [-0.05, 0) is 34.1 Å². The minimum atomic E-state index is -0.382. The number of hydrazone groups is 1. The van der Waals surface area contributed by atoms with Gasteiger partial charge in [0.15, 0.2) is 6.61 Å². The minimum Gasteiger partial charge on any atom is -0.483 e. The van der Waals surface area contributed by atoms with Crippen molar-refractivity contribution in [2.75, 3.05) is 6.61 Å². The zero-order valence-corrected chi connectivity index (χ0v) is 15.8. The zero-order valence-electron chi connectivity index (χ0n) is 13.4. The Bertz CT molecular complexity index is 928. The Morgan fingerprint density at radius 3 is 2.88 bits per heavy atom. The van der Waals surface area contributed by atoms with Crippen molar-refractivity contribution in [3.05, 3.63) is 69.8 Å². The molecule has 2 N–H and O–H groups in total. The molecule has 3 rings (SSSR count).